The zero-order chi connectivity index (χ0) is 12.5. The lowest BCUT2D eigenvalue weighted by Gasteiger charge is -1.98. The first-order valence-electron chi connectivity index (χ1n) is 5.33. The van der Waals surface area contributed by atoms with E-state index in [0.717, 1.165) is 26.8 Å². The lowest BCUT2D eigenvalue weighted by atomic mass is 10.2. The van der Waals surface area contributed by atoms with Gasteiger partial charge in [-0.2, -0.15) is 11.8 Å². The second-order valence-electron chi connectivity index (χ2n) is 3.75. The number of H-pyrrole nitrogens is 1. The summed E-state index contributed by atoms with van der Waals surface area (Å²) in [6, 6.07) is 4.02. The number of aromatic nitrogens is 2. The predicted molar refractivity (Wildman–Crippen MR) is 80.8 cm³/mol. The van der Waals surface area contributed by atoms with Gasteiger partial charge >= 0.3 is 0 Å². The largest absolute Gasteiger partial charge is 0.309 e. The summed E-state index contributed by atoms with van der Waals surface area (Å²) in [4.78, 5) is 21.5. The van der Waals surface area contributed by atoms with Crippen molar-refractivity contribution in [2.75, 3.05) is 6.26 Å². The molecule has 18 heavy (non-hydrogen) atoms. The monoisotopic (exact) mass is 294 g/mol. The van der Waals surface area contributed by atoms with Crippen LogP contribution < -0.4 is 5.56 Å². The second-order valence-corrected chi connectivity index (χ2v) is 6.42. The Hall–Kier alpha value is -1.11. The number of fused-ring (bicyclic) bond motifs is 1. The van der Waals surface area contributed by atoms with Crippen LogP contribution in [0.2, 0.25) is 0 Å². The van der Waals surface area contributed by atoms with E-state index >= 15 is 0 Å². The molecule has 0 bridgehead atoms. The van der Waals surface area contributed by atoms with Gasteiger partial charge < -0.3 is 4.98 Å². The molecule has 0 aliphatic heterocycles. The molecule has 0 radical (unpaired) electrons. The van der Waals surface area contributed by atoms with Crippen molar-refractivity contribution < 1.29 is 0 Å². The molecule has 3 aromatic rings. The van der Waals surface area contributed by atoms with Gasteiger partial charge in [-0.1, -0.05) is 6.07 Å². The molecule has 3 nitrogen and oxygen atoms in total. The Labute approximate surface area is 116 Å². The molecule has 0 saturated heterocycles. The average Bonchev–Trinajstić information content (AvgIpc) is 2.96. The Morgan fingerprint density at radius 1 is 1.44 bits per heavy atom. The molecule has 3 heterocycles. The summed E-state index contributed by atoms with van der Waals surface area (Å²) in [6.07, 6.45) is 2.00. The van der Waals surface area contributed by atoms with Crippen LogP contribution in [0.1, 0.15) is 5.82 Å². The first kappa shape index (κ1) is 12.0. The maximum absolute atomic E-state index is 12.2. The van der Waals surface area contributed by atoms with Gasteiger partial charge in [0.15, 0.2) is 0 Å². The van der Waals surface area contributed by atoms with E-state index in [9.17, 15) is 4.79 Å². The van der Waals surface area contributed by atoms with Gasteiger partial charge in [0, 0.05) is 15.8 Å². The van der Waals surface area contributed by atoms with Crippen molar-refractivity contribution in [3.8, 4) is 10.4 Å². The van der Waals surface area contributed by atoms with Gasteiger partial charge in [-0.15, -0.1) is 22.7 Å². The highest BCUT2D eigenvalue weighted by atomic mass is 32.2. The summed E-state index contributed by atoms with van der Waals surface area (Å²) in [7, 11) is 0. The first-order valence-corrected chi connectivity index (χ1v) is 8.48. The molecule has 0 saturated carbocycles. The van der Waals surface area contributed by atoms with E-state index in [2.05, 4.69) is 9.97 Å². The molecule has 1 N–H and O–H groups in total. The van der Waals surface area contributed by atoms with E-state index < -0.39 is 0 Å². The Kier molecular flexibility index (Phi) is 3.23. The fraction of sp³-hybridized carbons (Fsp3) is 0.167. The topological polar surface area (TPSA) is 45.8 Å². The third kappa shape index (κ3) is 2.00. The van der Waals surface area contributed by atoms with Crippen LogP contribution in [-0.4, -0.2) is 16.2 Å². The maximum atomic E-state index is 12.2. The molecule has 0 spiro atoms. The van der Waals surface area contributed by atoms with E-state index in [-0.39, 0.29) is 5.56 Å². The molecule has 0 fully saturated rings. The lowest BCUT2D eigenvalue weighted by molar-refractivity contribution is 1.05. The number of thioether (sulfide) groups is 1. The number of thiophene rings is 2. The van der Waals surface area contributed by atoms with Gasteiger partial charge in [0.2, 0.25) is 0 Å². The number of hydrogen-bond acceptors (Lipinski definition) is 5. The Morgan fingerprint density at radius 3 is 3.06 bits per heavy atom. The molecule has 0 amide bonds. The van der Waals surface area contributed by atoms with Crippen LogP contribution >= 0.6 is 34.4 Å². The molecular weight excluding hydrogens is 284 g/mol. The number of nitrogens with one attached hydrogen (secondary N) is 1. The van der Waals surface area contributed by atoms with Crippen LogP contribution in [0, 0.1) is 0 Å². The maximum Gasteiger partial charge on any atom is 0.260 e. The van der Waals surface area contributed by atoms with Crippen molar-refractivity contribution in [3.05, 3.63) is 39.1 Å². The average molecular weight is 294 g/mol. The fourth-order valence-electron chi connectivity index (χ4n) is 1.81. The molecule has 3 aromatic heterocycles. The molecule has 0 unspecified atom stereocenters. The second kappa shape index (κ2) is 4.87. The minimum Gasteiger partial charge on any atom is -0.309 e. The highest BCUT2D eigenvalue weighted by Crippen LogP contribution is 2.33. The Bertz CT molecular complexity index is 727. The standard InChI is InChI=1S/C12H10N2OS3/c1-16-6-9-13-11(15)10-7(5-18-12(10)14-9)8-3-2-4-17-8/h2-5H,6H2,1H3,(H,13,14,15). The van der Waals surface area contributed by atoms with Gasteiger partial charge in [-0.25, -0.2) is 4.98 Å². The fourth-order valence-corrected chi connectivity index (χ4v) is 4.00. The summed E-state index contributed by atoms with van der Waals surface area (Å²) >= 11 is 4.82. The van der Waals surface area contributed by atoms with Crippen molar-refractivity contribution in [1.82, 2.24) is 9.97 Å². The number of nitrogens with zero attached hydrogens (tertiary/aromatic N) is 1. The Balaban J connectivity index is 2.23. The van der Waals surface area contributed by atoms with E-state index in [1.165, 1.54) is 11.3 Å². The van der Waals surface area contributed by atoms with Crippen LogP contribution in [0.5, 0.6) is 0 Å². The lowest BCUT2D eigenvalue weighted by Crippen LogP contribution is -2.10. The van der Waals surface area contributed by atoms with Crippen LogP contribution in [-0.2, 0) is 5.75 Å². The Morgan fingerprint density at radius 2 is 2.33 bits per heavy atom. The third-order valence-corrected chi connectivity index (χ3v) is 4.90. The van der Waals surface area contributed by atoms with Crippen molar-refractivity contribution in [2.24, 2.45) is 0 Å². The number of hydrogen-bond donors (Lipinski definition) is 1. The summed E-state index contributed by atoms with van der Waals surface area (Å²) in [5.74, 6) is 1.48. The zero-order valence-corrected chi connectivity index (χ0v) is 12.0. The quantitative estimate of drug-likeness (QED) is 0.803. The highest BCUT2D eigenvalue weighted by Gasteiger charge is 2.13. The van der Waals surface area contributed by atoms with E-state index in [4.69, 9.17) is 0 Å². The molecule has 0 aromatic carbocycles. The zero-order valence-electron chi connectivity index (χ0n) is 9.60. The van der Waals surface area contributed by atoms with Gasteiger partial charge in [0.25, 0.3) is 5.56 Å². The summed E-state index contributed by atoms with van der Waals surface area (Å²) < 4.78 is 0. The summed E-state index contributed by atoms with van der Waals surface area (Å²) in [5, 5.41) is 4.75. The van der Waals surface area contributed by atoms with E-state index in [0.29, 0.717) is 5.39 Å². The van der Waals surface area contributed by atoms with Gasteiger partial charge in [-0.3, -0.25) is 4.79 Å². The van der Waals surface area contributed by atoms with Crippen molar-refractivity contribution in [3.63, 3.8) is 0 Å². The van der Waals surface area contributed by atoms with E-state index in [1.807, 2.05) is 29.1 Å². The molecule has 92 valence electrons. The summed E-state index contributed by atoms with van der Waals surface area (Å²) in [5.41, 5.74) is 0.961. The third-order valence-electron chi connectivity index (χ3n) is 2.56. The van der Waals surface area contributed by atoms with Crippen molar-refractivity contribution in [1.29, 1.82) is 0 Å². The van der Waals surface area contributed by atoms with Crippen LogP contribution in [0.3, 0.4) is 0 Å². The predicted octanol–water partition coefficient (Wildman–Crippen LogP) is 3.58. The van der Waals surface area contributed by atoms with Gasteiger partial charge in [0.05, 0.1) is 11.1 Å². The van der Waals surface area contributed by atoms with Crippen LogP contribution in [0.25, 0.3) is 20.7 Å². The van der Waals surface area contributed by atoms with Gasteiger partial charge in [0.1, 0.15) is 10.7 Å². The molecule has 0 atom stereocenters. The first-order chi connectivity index (χ1) is 8.79. The minimum absolute atomic E-state index is 0.0336. The molecule has 3 rings (SSSR count). The highest BCUT2D eigenvalue weighted by molar-refractivity contribution is 7.97. The number of aromatic amines is 1. The van der Waals surface area contributed by atoms with Crippen molar-refractivity contribution in [2.45, 2.75) is 5.75 Å². The summed E-state index contributed by atoms with van der Waals surface area (Å²) in [6.45, 7) is 0. The van der Waals surface area contributed by atoms with Gasteiger partial charge in [-0.05, 0) is 17.7 Å². The molecular formula is C12H10N2OS3. The molecule has 6 heteroatoms. The molecule has 0 aliphatic rings. The molecule has 0 aliphatic carbocycles. The minimum atomic E-state index is -0.0336. The van der Waals surface area contributed by atoms with E-state index in [1.54, 1.807) is 23.1 Å². The number of rotatable bonds is 3. The van der Waals surface area contributed by atoms with Crippen molar-refractivity contribution >= 4 is 44.7 Å². The smallest absolute Gasteiger partial charge is 0.260 e. The SMILES string of the molecule is CSCc1nc2scc(-c3cccs3)c2c(=O)[nH]1. The van der Waals surface area contributed by atoms with Crippen LogP contribution in [0.15, 0.2) is 27.7 Å². The van der Waals surface area contributed by atoms with Crippen LogP contribution in [0.4, 0.5) is 0 Å². The normalized spacial score (nSPS) is 11.2.